The van der Waals surface area contributed by atoms with Crippen LogP contribution < -0.4 is 4.74 Å². The minimum Gasteiger partial charge on any atom is -0.494 e. The molecule has 22 heavy (non-hydrogen) atoms. The molecule has 8 heteroatoms. The maximum atomic E-state index is 13.4. The molecule has 1 aromatic carbocycles. The number of benzene rings is 1. The third-order valence-corrected chi connectivity index (χ3v) is 5.96. The van der Waals surface area contributed by atoms with Crippen LogP contribution in [0.15, 0.2) is 23.1 Å². The molecule has 1 aliphatic heterocycles. The van der Waals surface area contributed by atoms with Crippen molar-refractivity contribution < 1.29 is 27.4 Å². The van der Waals surface area contributed by atoms with Crippen LogP contribution in [0.1, 0.15) is 19.8 Å². The molecule has 2 rings (SSSR count). The smallest absolute Gasteiger partial charge is 0.308 e. The Balaban J connectivity index is 2.39. The molecule has 6 nitrogen and oxygen atoms in total. The van der Waals surface area contributed by atoms with Crippen LogP contribution in [0.3, 0.4) is 0 Å². The summed E-state index contributed by atoms with van der Waals surface area (Å²) in [6, 6.07) is 2.63. The van der Waals surface area contributed by atoms with Gasteiger partial charge in [0.15, 0.2) is 11.6 Å². The number of nitrogens with zero attached hydrogens (tertiary/aromatic N) is 1. The summed E-state index contributed by atoms with van der Waals surface area (Å²) < 4.78 is 44.8. The molecule has 1 aromatic rings. The SMILES string of the molecule is COc1cc(S(=O)(=O)N2CCC[C@H](C(=O)O)[C@@H]2C)ccc1F. The number of carbonyl (C=O) groups is 1. The van der Waals surface area contributed by atoms with E-state index in [1.807, 2.05) is 0 Å². The van der Waals surface area contributed by atoms with Crippen LogP contribution in [0.25, 0.3) is 0 Å². The van der Waals surface area contributed by atoms with Gasteiger partial charge in [0.2, 0.25) is 10.0 Å². The maximum Gasteiger partial charge on any atom is 0.308 e. The van der Waals surface area contributed by atoms with Crippen molar-refractivity contribution in [1.82, 2.24) is 4.31 Å². The van der Waals surface area contributed by atoms with Crippen LogP contribution in [0, 0.1) is 11.7 Å². The molecule has 1 saturated heterocycles. The van der Waals surface area contributed by atoms with E-state index >= 15 is 0 Å². The molecule has 0 aliphatic carbocycles. The van der Waals surface area contributed by atoms with Gasteiger partial charge in [0.05, 0.1) is 17.9 Å². The molecule has 0 aromatic heterocycles. The normalized spacial score (nSPS) is 23.2. The van der Waals surface area contributed by atoms with Gasteiger partial charge in [0.25, 0.3) is 0 Å². The van der Waals surface area contributed by atoms with Gasteiger partial charge in [0.1, 0.15) is 0 Å². The lowest BCUT2D eigenvalue weighted by molar-refractivity contribution is -0.144. The van der Waals surface area contributed by atoms with Gasteiger partial charge in [-0.05, 0) is 31.9 Å². The van der Waals surface area contributed by atoms with Crippen LogP contribution in [0.4, 0.5) is 4.39 Å². The van der Waals surface area contributed by atoms with Gasteiger partial charge in [-0.3, -0.25) is 4.79 Å². The monoisotopic (exact) mass is 331 g/mol. The number of rotatable bonds is 4. The largest absolute Gasteiger partial charge is 0.494 e. The third kappa shape index (κ3) is 2.93. The van der Waals surface area contributed by atoms with Crippen LogP contribution >= 0.6 is 0 Å². The van der Waals surface area contributed by atoms with Crippen molar-refractivity contribution in [3.05, 3.63) is 24.0 Å². The van der Waals surface area contributed by atoms with E-state index in [0.29, 0.717) is 12.8 Å². The lowest BCUT2D eigenvalue weighted by Gasteiger charge is -2.36. The molecule has 1 aliphatic rings. The molecule has 0 amide bonds. The summed E-state index contributed by atoms with van der Waals surface area (Å²) in [5.74, 6) is -2.58. The Morgan fingerprint density at radius 2 is 2.14 bits per heavy atom. The summed E-state index contributed by atoms with van der Waals surface area (Å²) in [5.41, 5.74) is 0. The highest BCUT2D eigenvalue weighted by molar-refractivity contribution is 7.89. The zero-order valence-corrected chi connectivity index (χ0v) is 13.1. The molecule has 0 saturated carbocycles. The van der Waals surface area contributed by atoms with Gasteiger partial charge in [-0.25, -0.2) is 12.8 Å². The van der Waals surface area contributed by atoms with Gasteiger partial charge >= 0.3 is 5.97 Å². The minimum absolute atomic E-state index is 0.108. The summed E-state index contributed by atoms with van der Waals surface area (Å²) in [4.78, 5) is 11.1. The van der Waals surface area contributed by atoms with Crippen molar-refractivity contribution in [1.29, 1.82) is 0 Å². The zero-order valence-electron chi connectivity index (χ0n) is 12.3. The highest BCUT2D eigenvalue weighted by atomic mass is 32.2. The molecule has 1 heterocycles. The molecule has 0 spiro atoms. The van der Waals surface area contributed by atoms with E-state index in [1.54, 1.807) is 6.92 Å². The van der Waals surface area contributed by atoms with Gasteiger partial charge in [-0.1, -0.05) is 0 Å². The summed E-state index contributed by atoms with van der Waals surface area (Å²) >= 11 is 0. The number of aliphatic carboxylic acids is 1. The lowest BCUT2D eigenvalue weighted by Crippen LogP contribution is -2.48. The number of sulfonamides is 1. The van der Waals surface area contributed by atoms with Crippen molar-refractivity contribution in [3.8, 4) is 5.75 Å². The number of hydrogen-bond acceptors (Lipinski definition) is 4. The Morgan fingerprint density at radius 3 is 2.73 bits per heavy atom. The van der Waals surface area contributed by atoms with Crippen molar-refractivity contribution in [2.24, 2.45) is 5.92 Å². The van der Waals surface area contributed by atoms with Crippen LogP contribution in [-0.2, 0) is 14.8 Å². The standard InChI is InChI=1S/C14H18FNO5S/c1-9-11(14(17)18)4-3-7-16(9)22(19,20)10-5-6-12(15)13(8-10)21-2/h5-6,8-9,11H,3-4,7H2,1-2H3,(H,17,18)/t9-,11-/m0/s1. The number of piperidine rings is 1. The second-order valence-electron chi connectivity index (χ2n) is 5.24. The third-order valence-electron chi connectivity index (χ3n) is 3.98. The first kappa shape index (κ1) is 16.7. The van der Waals surface area contributed by atoms with Crippen molar-refractivity contribution in [2.45, 2.75) is 30.7 Å². The summed E-state index contributed by atoms with van der Waals surface area (Å²) in [7, 11) is -2.65. The van der Waals surface area contributed by atoms with E-state index in [4.69, 9.17) is 4.74 Å². The highest BCUT2D eigenvalue weighted by Crippen LogP contribution is 2.31. The Bertz CT molecular complexity index is 676. The number of methoxy groups -OCH3 is 1. The second-order valence-corrected chi connectivity index (χ2v) is 7.13. The average Bonchev–Trinajstić information content (AvgIpc) is 2.47. The van der Waals surface area contributed by atoms with Crippen molar-refractivity contribution >= 4 is 16.0 Å². The number of carboxylic acid groups (broad SMARTS) is 1. The summed E-state index contributed by atoms with van der Waals surface area (Å²) in [5, 5.41) is 9.19. The molecule has 2 atom stereocenters. The number of carboxylic acids is 1. The summed E-state index contributed by atoms with van der Waals surface area (Å²) in [6.07, 6.45) is 0.911. The second kappa shape index (κ2) is 6.21. The Morgan fingerprint density at radius 1 is 1.45 bits per heavy atom. The molecular formula is C14H18FNO5S. The van der Waals surface area contributed by atoms with Gasteiger partial charge in [-0.2, -0.15) is 4.31 Å². The Kier molecular flexibility index (Phi) is 4.72. The van der Waals surface area contributed by atoms with E-state index < -0.39 is 33.8 Å². The predicted molar refractivity (Wildman–Crippen MR) is 76.7 cm³/mol. The summed E-state index contributed by atoms with van der Waals surface area (Å²) in [6.45, 7) is 1.82. The fourth-order valence-electron chi connectivity index (χ4n) is 2.72. The quantitative estimate of drug-likeness (QED) is 0.908. The van der Waals surface area contributed by atoms with Crippen LogP contribution in [0.2, 0.25) is 0 Å². The predicted octanol–water partition coefficient (Wildman–Crippen LogP) is 1.71. The van der Waals surface area contributed by atoms with E-state index in [1.165, 1.54) is 11.4 Å². The minimum atomic E-state index is -3.90. The zero-order chi connectivity index (χ0) is 16.5. The van der Waals surface area contributed by atoms with E-state index in [9.17, 15) is 22.7 Å². The first-order chi connectivity index (χ1) is 10.3. The average molecular weight is 331 g/mol. The molecule has 0 unspecified atom stereocenters. The van der Waals surface area contributed by atoms with Crippen molar-refractivity contribution in [2.75, 3.05) is 13.7 Å². The molecule has 1 fully saturated rings. The number of ether oxygens (including phenoxy) is 1. The lowest BCUT2D eigenvalue weighted by atomic mass is 9.92. The Labute approximate surface area is 128 Å². The molecule has 0 radical (unpaired) electrons. The van der Waals surface area contributed by atoms with Crippen LogP contribution in [-0.4, -0.2) is 43.5 Å². The Hall–Kier alpha value is -1.67. The highest BCUT2D eigenvalue weighted by Gasteiger charge is 2.39. The molecule has 1 N–H and O–H groups in total. The molecule has 0 bridgehead atoms. The first-order valence-electron chi connectivity index (χ1n) is 6.87. The molecule has 122 valence electrons. The van der Waals surface area contributed by atoms with E-state index in [2.05, 4.69) is 0 Å². The fraction of sp³-hybridized carbons (Fsp3) is 0.500. The first-order valence-corrected chi connectivity index (χ1v) is 8.31. The van der Waals surface area contributed by atoms with E-state index in [0.717, 1.165) is 18.2 Å². The van der Waals surface area contributed by atoms with Gasteiger partial charge < -0.3 is 9.84 Å². The molecular weight excluding hydrogens is 313 g/mol. The number of halogens is 1. The van der Waals surface area contributed by atoms with Gasteiger partial charge in [0, 0.05) is 18.7 Å². The number of hydrogen-bond donors (Lipinski definition) is 1. The van der Waals surface area contributed by atoms with Crippen molar-refractivity contribution in [3.63, 3.8) is 0 Å². The van der Waals surface area contributed by atoms with Crippen LogP contribution in [0.5, 0.6) is 5.75 Å². The maximum absolute atomic E-state index is 13.4. The van der Waals surface area contributed by atoms with Gasteiger partial charge in [-0.15, -0.1) is 0 Å². The fourth-order valence-corrected chi connectivity index (χ4v) is 4.44. The topological polar surface area (TPSA) is 83.9 Å². The van der Waals surface area contributed by atoms with E-state index in [-0.39, 0.29) is 17.2 Å².